The molecule has 1 amide bonds. The van der Waals surface area contributed by atoms with E-state index in [0.29, 0.717) is 30.1 Å². The van der Waals surface area contributed by atoms with Crippen molar-refractivity contribution in [3.8, 4) is 0 Å². The summed E-state index contributed by atoms with van der Waals surface area (Å²) in [6, 6.07) is 0. The number of aliphatic hydroxyl groups is 1. The monoisotopic (exact) mass is 318 g/mol. The number of nitrogens with zero attached hydrogens (tertiary/aromatic N) is 1. The van der Waals surface area contributed by atoms with E-state index in [1.165, 1.54) is 12.8 Å². The van der Waals surface area contributed by atoms with E-state index >= 15 is 0 Å². The summed E-state index contributed by atoms with van der Waals surface area (Å²) in [5, 5.41) is 13.0. The third-order valence-electron chi connectivity index (χ3n) is 5.26. The summed E-state index contributed by atoms with van der Waals surface area (Å²) in [5.41, 5.74) is 0. The van der Waals surface area contributed by atoms with E-state index in [9.17, 15) is 9.90 Å². The number of carbonyl (C=O) groups is 1. The normalized spacial score (nSPS) is 24.2. The first-order chi connectivity index (χ1) is 9.58. The van der Waals surface area contributed by atoms with Crippen LogP contribution in [0.1, 0.15) is 46.0 Å². The van der Waals surface area contributed by atoms with E-state index in [-0.39, 0.29) is 18.5 Å². The minimum absolute atomic E-state index is 0. The maximum absolute atomic E-state index is 12.4. The van der Waals surface area contributed by atoms with Crippen molar-refractivity contribution in [2.45, 2.75) is 52.1 Å². The van der Waals surface area contributed by atoms with Crippen LogP contribution in [0.15, 0.2) is 0 Å². The Kier molecular flexibility index (Phi) is 7.99. The van der Waals surface area contributed by atoms with Crippen LogP contribution in [-0.2, 0) is 4.79 Å². The maximum Gasteiger partial charge on any atom is 0.222 e. The number of hydrogen-bond acceptors (Lipinski definition) is 3. The minimum Gasteiger partial charge on any atom is -0.393 e. The molecule has 2 rings (SSSR count). The SMILES string of the molecule is CC(O)C1CCN(C(=O)CC(C)C2CCNCC2)CC1.Cl. The predicted molar refractivity (Wildman–Crippen MR) is 87.6 cm³/mol. The Morgan fingerprint density at radius 3 is 2.24 bits per heavy atom. The molecule has 0 aromatic rings. The summed E-state index contributed by atoms with van der Waals surface area (Å²) in [6.07, 6.45) is 4.78. The van der Waals surface area contributed by atoms with Crippen molar-refractivity contribution >= 4 is 18.3 Å². The van der Waals surface area contributed by atoms with Gasteiger partial charge in [0, 0.05) is 19.5 Å². The second kappa shape index (κ2) is 8.96. The van der Waals surface area contributed by atoms with Crippen molar-refractivity contribution in [2.24, 2.45) is 17.8 Å². The van der Waals surface area contributed by atoms with Gasteiger partial charge < -0.3 is 15.3 Å². The Morgan fingerprint density at radius 2 is 1.71 bits per heavy atom. The van der Waals surface area contributed by atoms with Gasteiger partial charge in [-0.2, -0.15) is 0 Å². The zero-order chi connectivity index (χ0) is 14.5. The van der Waals surface area contributed by atoms with Gasteiger partial charge >= 0.3 is 0 Å². The second-order valence-corrected chi connectivity index (χ2v) is 6.73. The van der Waals surface area contributed by atoms with Crippen LogP contribution < -0.4 is 5.32 Å². The topological polar surface area (TPSA) is 52.6 Å². The van der Waals surface area contributed by atoms with Gasteiger partial charge in [0.25, 0.3) is 0 Å². The molecule has 2 aliphatic rings. The van der Waals surface area contributed by atoms with Crippen LogP contribution in [0.2, 0.25) is 0 Å². The Balaban J connectivity index is 0.00000220. The molecular weight excluding hydrogens is 288 g/mol. The molecule has 0 aromatic heterocycles. The molecule has 2 heterocycles. The van der Waals surface area contributed by atoms with Crippen LogP contribution in [-0.4, -0.2) is 48.2 Å². The van der Waals surface area contributed by atoms with Crippen molar-refractivity contribution in [1.82, 2.24) is 10.2 Å². The minimum atomic E-state index is -0.235. The summed E-state index contributed by atoms with van der Waals surface area (Å²) in [5.74, 6) is 1.90. The molecule has 5 heteroatoms. The fourth-order valence-corrected chi connectivity index (χ4v) is 3.62. The number of nitrogens with one attached hydrogen (secondary N) is 1. The van der Waals surface area contributed by atoms with Gasteiger partial charge in [0.05, 0.1) is 6.10 Å². The molecule has 0 bridgehead atoms. The molecule has 4 nitrogen and oxygen atoms in total. The molecular formula is C16H31ClN2O2. The van der Waals surface area contributed by atoms with E-state index in [1.54, 1.807) is 0 Å². The number of halogens is 1. The zero-order valence-electron chi connectivity index (χ0n) is 13.4. The molecule has 2 N–H and O–H groups in total. The number of piperidine rings is 2. The van der Waals surface area contributed by atoms with E-state index in [4.69, 9.17) is 0 Å². The predicted octanol–water partition coefficient (Wildman–Crippen LogP) is 2.05. The fraction of sp³-hybridized carbons (Fsp3) is 0.938. The molecule has 2 atom stereocenters. The fourth-order valence-electron chi connectivity index (χ4n) is 3.62. The van der Waals surface area contributed by atoms with Gasteiger partial charge in [-0.3, -0.25) is 4.79 Å². The third-order valence-corrected chi connectivity index (χ3v) is 5.26. The summed E-state index contributed by atoms with van der Waals surface area (Å²) >= 11 is 0. The van der Waals surface area contributed by atoms with Crippen LogP contribution in [0.3, 0.4) is 0 Å². The quantitative estimate of drug-likeness (QED) is 0.834. The van der Waals surface area contributed by atoms with Crippen molar-refractivity contribution in [1.29, 1.82) is 0 Å². The number of hydrogen-bond donors (Lipinski definition) is 2. The van der Waals surface area contributed by atoms with Crippen LogP contribution in [0.5, 0.6) is 0 Å². The first-order valence-corrected chi connectivity index (χ1v) is 8.24. The largest absolute Gasteiger partial charge is 0.393 e. The molecule has 0 aromatic carbocycles. The van der Waals surface area contributed by atoms with E-state index in [2.05, 4.69) is 12.2 Å². The smallest absolute Gasteiger partial charge is 0.222 e. The molecule has 0 aliphatic carbocycles. The Bertz CT molecular complexity index is 311. The van der Waals surface area contributed by atoms with Gasteiger partial charge in [0.1, 0.15) is 0 Å². The average molecular weight is 319 g/mol. The molecule has 21 heavy (non-hydrogen) atoms. The molecule has 0 radical (unpaired) electrons. The van der Waals surface area contributed by atoms with E-state index in [0.717, 1.165) is 39.0 Å². The van der Waals surface area contributed by atoms with Gasteiger partial charge in [-0.1, -0.05) is 6.92 Å². The highest BCUT2D eigenvalue weighted by atomic mass is 35.5. The molecule has 2 fully saturated rings. The van der Waals surface area contributed by atoms with Crippen molar-refractivity contribution in [3.63, 3.8) is 0 Å². The molecule has 0 spiro atoms. The van der Waals surface area contributed by atoms with Crippen LogP contribution in [0, 0.1) is 17.8 Å². The van der Waals surface area contributed by atoms with Gasteiger partial charge in [0.2, 0.25) is 5.91 Å². The number of aliphatic hydroxyl groups excluding tert-OH is 1. The highest BCUT2D eigenvalue weighted by Crippen LogP contribution is 2.26. The summed E-state index contributed by atoms with van der Waals surface area (Å²) in [7, 11) is 0. The Labute approximate surface area is 135 Å². The third kappa shape index (κ3) is 5.42. The molecule has 124 valence electrons. The number of likely N-dealkylation sites (tertiary alicyclic amines) is 1. The number of amides is 1. The standard InChI is InChI=1S/C16H30N2O2.ClH/c1-12(14-3-7-17-8-4-14)11-16(20)18-9-5-15(6-10-18)13(2)19;/h12-15,17,19H,3-11H2,1-2H3;1H. The summed E-state index contributed by atoms with van der Waals surface area (Å²) < 4.78 is 0. The molecule has 2 saturated heterocycles. The molecule has 2 unspecified atom stereocenters. The molecule has 0 saturated carbocycles. The van der Waals surface area contributed by atoms with Crippen LogP contribution in [0.25, 0.3) is 0 Å². The molecule has 2 aliphatic heterocycles. The first kappa shape index (κ1) is 18.7. The lowest BCUT2D eigenvalue weighted by atomic mass is 9.83. The Hall–Kier alpha value is -0.320. The summed E-state index contributed by atoms with van der Waals surface area (Å²) in [4.78, 5) is 14.4. The van der Waals surface area contributed by atoms with Crippen molar-refractivity contribution < 1.29 is 9.90 Å². The second-order valence-electron chi connectivity index (χ2n) is 6.73. The van der Waals surface area contributed by atoms with Crippen LogP contribution >= 0.6 is 12.4 Å². The van der Waals surface area contributed by atoms with Crippen molar-refractivity contribution in [3.05, 3.63) is 0 Å². The zero-order valence-corrected chi connectivity index (χ0v) is 14.2. The van der Waals surface area contributed by atoms with Gasteiger partial charge in [0.15, 0.2) is 0 Å². The number of rotatable bonds is 4. The maximum atomic E-state index is 12.4. The van der Waals surface area contributed by atoms with Gasteiger partial charge in [-0.15, -0.1) is 12.4 Å². The van der Waals surface area contributed by atoms with Gasteiger partial charge in [-0.05, 0) is 63.5 Å². The highest BCUT2D eigenvalue weighted by Gasteiger charge is 2.28. The van der Waals surface area contributed by atoms with Crippen molar-refractivity contribution in [2.75, 3.05) is 26.2 Å². The van der Waals surface area contributed by atoms with Crippen LogP contribution in [0.4, 0.5) is 0 Å². The van der Waals surface area contributed by atoms with E-state index in [1.807, 2.05) is 11.8 Å². The average Bonchev–Trinajstić information content (AvgIpc) is 2.48. The van der Waals surface area contributed by atoms with E-state index < -0.39 is 0 Å². The Morgan fingerprint density at radius 1 is 1.14 bits per heavy atom. The lowest BCUT2D eigenvalue weighted by Gasteiger charge is -2.35. The first-order valence-electron chi connectivity index (χ1n) is 8.24. The summed E-state index contributed by atoms with van der Waals surface area (Å²) in [6.45, 7) is 7.95. The number of carbonyl (C=O) groups excluding carboxylic acids is 1. The highest BCUT2D eigenvalue weighted by molar-refractivity contribution is 5.85. The lowest BCUT2D eigenvalue weighted by Crippen LogP contribution is -2.42. The van der Waals surface area contributed by atoms with Gasteiger partial charge in [-0.25, -0.2) is 0 Å². The lowest BCUT2D eigenvalue weighted by molar-refractivity contribution is -0.134.